The molecule has 0 aliphatic heterocycles. The van der Waals surface area contributed by atoms with Gasteiger partial charge in [-0.1, -0.05) is 42.5 Å². The number of hydrogen-bond acceptors (Lipinski definition) is 5. The number of pyridine rings is 1. The molecule has 3 aromatic rings. The van der Waals surface area contributed by atoms with Crippen molar-refractivity contribution in [3.63, 3.8) is 0 Å². The molecule has 2 amide bonds. The molecule has 0 aliphatic rings. The highest BCUT2D eigenvalue weighted by atomic mass is 16.5. The van der Waals surface area contributed by atoms with Crippen LogP contribution in [-0.2, 0) is 29.0 Å². The number of benzene rings is 2. The lowest BCUT2D eigenvalue weighted by atomic mass is 10.0. The first kappa shape index (κ1) is 25.9. The summed E-state index contributed by atoms with van der Waals surface area (Å²) in [4.78, 5) is 29.8. The minimum Gasteiger partial charge on any atom is -0.489 e. The minimum atomic E-state index is -0.781. The van der Waals surface area contributed by atoms with Crippen LogP contribution >= 0.6 is 0 Å². The van der Waals surface area contributed by atoms with E-state index in [-0.39, 0.29) is 11.8 Å². The molecule has 7 nitrogen and oxygen atoms in total. The first-order chi connectivity index (χ1) is 16.7. The molecule has 35 heavy (non-hydrogen) atoms. The molecule has 2 unspecified atom stereocenters. The molecule has 184 valence electrons. The van der Waals surface area contributed by atoms with Crippen LogP contribution in [0.25, 0.3) is 0 Å². The third-order valence-corrected chi connectivity index (χ3v) is 5.28. The van der Waals surface area contributed by atoms with Crippen LogP contribution in [0.3, 0.4) is 0 Å². The molecule has 0 saturated carbocycles. The summed E-state index contributed by atoms with van der Waals surface area (Å²) in [5.74, 6) is 0.0988. The number of hydrogen-bond donors (Lipinski definition) is 3. The van der Waals surface area contributed by atoms with Gasteiger partial charge >= 0.3 is 0 Å². The first-order valence-electron chi connectivity index (χ1n) is 11.7. The molecule has 0 aliphatic carbocycles. The molecule has 3 rings (SSSR count). The highest BCUT2D eigenvalue weighted by molar-refractivity contribution is 5.90. The molecule has 1 heterocycles. The highest BCUT2D eigenvalue weighted by Gasteiger charge is 2.27. The van der Waals surface area contributed by atoms with Crippen LogP contribution in [0.15, 0.2) is 79.1 Å². The lowest BCUT2D eigenvalue weighted by Crippen LogP contribution is -2.56. The number of carbonyl (C=O) groups is 2. The predicted octanol–water partition coefficient (Wildman–Crippen LogP) is 3.17. The Kier molecular flexibility index (Phi) is 8.98. The van der Waals surface area contributed by atoms with E-state index in [1.807, 2.05) is 87.5 Å². The van der Waals surface area contributed by atoms with Crippen molar-refractivity contribution in [1.82, 2.24) is 15.6 Å². The predicted molar refractivity (Wildman–Crippen MR) is 137 cm³/mol. The van der Waals surface area contributed by atoms with Crippen LogP contribution in [0, 0.1) is 0 Å². The Hall–Kier alpha value is -3.71. The third-order valence-electron chi connectivity index (χ3n) is 5.28. The van der Waals surface area contributed by atoms with E-state index in [4.69, 9.17) is 10.5 Å². The van der Waals surface area contributed by atoms with E-state index in [2.05, 4.69) is 15.6 Å². The lowest BCUT2D eigenvalue weighted by molar-refractivity contribution is -0.130. The molecule has 0 fully saturated rings. The van der Waals surface area contributed by atoms with Gasteiger partial charge in [0.1, 0.15) is 18.4 Å². The van der Waals surface area contributed by atoms with Crippen molar-refractivity contribution in [3.8, 4) is 5.75 Å². The van der Waals surface area contributed by atoms with Crippen molar-refractivity contribution in [1.29, 1.82) is 0 Å². The Labute approximate surface area is 207 Å². The van der Waals surface area contributed by atoms with Crippen molar-refractivity contribution < 1.29 is 14.3 Å². The number of nitrogens with two attached hydrogens (primary N) is 1. The zero-order valence-corrected chi connectivity index (χ0v) is 20.5. The Morgan fingerprint density at radius 1 is 0.857 bits per heavy atom. The van der Waals surface area contributed by atoms with Crippen molar-refractivity contribution >= 4 is 11.8 Å². The van der Waals surface area contributed by atoms with Crippen LogP contribution in [0.5, 0.6) is 5.75 Å². The fourth-order valence-corrected chi connectivity index (χ4v) is 3.51. The summed E-state index contributed by atoms with van der Waals surface area (Å²) in [7, 11) is 0. The largest absolute Gasteiger partial charge is 0.489 e. The van der Waals surface area contributed by atoms with Gasteiger partial charge in [-0.25, -0.2) is 0 Å². The molecular weight excluding hydrogens is 440 g/mol. The van der Waals surface area contributed by atoms with Gasteiger partial charge in [-0.05, 0) is 68.1 Å². The normalized spacial score (nSPS) is 12.9. The summed E-state index contributed by atoms with van der Waals surface area (Å²) in [6, 6.07) is 19.6. The van der Waals surface area contributed by atoms with E-state index >= 15 is 0 Å². The molecule has 0 spiro atoms. The van der Waals surface area contributed by atoms with E-state index in [0.29, 0.717) is 19.4 Å². The second-order valence-electron chi connectivity index (χ2n) is 9.59. The highest BCUT2D eigenvalue weighted by Crippen LogP contribution is 2.16. The molecule has 2 atom stereocenters. The van der Waals surface area contributed by atoms with Crippen LogP contribution < -0.4 is 21.1 Å². The van der Waals surface area contributed by atoms with Crippen molar-refractivity contribution in [2.75, 3.05) is 0 Å². The summed E-state index contributed by atoms with van der Waals surface area (Å²) in [6.45, 7) is 6.18. The van der Waals surface area contributed by atoms with Crippen LogP contribution in [0.1, 0.15) is 37.5 Å². The number of aromatic nitrogens is 1. The van der Waals surface area contributed by atoms with Gasteiger partial charge in [-0.15, -0.1) is 0 Å². The Balaban J connectivity index is 1.64. The fraction of sp³-hybridized carbons (Fsp3) is 0.321. The van der Waals surface area contributed by atoms with Gasteiger partial charge < -0.3 is 21.1 Å². The number of rotatable bonds is 10. The Bertz CT molecular complexity index is 1080. The second-order valence-corrected chi connectivity index (χ2v) is 9.59. The summed E-state index contributed by atoms with van der Waals surface area (Å²) in [6.07, 6.45) is 4.00. The van der Waals surface area contributed by atoms with E-state index < -0.39 is 17.6 Å². The Morgan fingerprint density at radius 3 is 2.11 bits per heavy atom. The number of nitrogens with zero attached hydrogens (tertiary/aromatic N) is 1. The van der Waals surface area contributed by atoms with Gasteiger partial charge in [0.05, 0.1) is 6.04 Å². The molecule has 4 N–H and O–H groups in total. The minimum absolute atomic E-state index is 0.258. The van der Waals surface area contributed by atoms with Crippen LogP contribution in [0.4, 0.5) is 0 Å². The molecule has 0 bridgehead atoms. The monoisotopic (exact) mass is 474 g/mol. The zero-order chi connectivity index (χ0) is 25.3. The molecule has 7 heteroatoms. The van der Waals surface area contributed by atoms with Gasteiger partial charge in [0.15, 0.2) is 0 Å². The molecule has 1 aromatic heterocycles. The maximum Gasteiger partial charge on any atom is 0.243 e. The molecular formula is C28H34N4O3. The average Bonchev–Trinajstić information content (AvgIpc) is 2.83. The maximum atomic E-state index is 13.0. The Morgan fingerprint density at radius 2 is 1.49 bits per heavy atom. The van der Waals surface area contributed by atoms with E-state index in [1.165, 1.54) is 0 Å². The van der Waals surface area contributed by atoms with Crippen LogP contribution in [-0.4, -0.2) is 34.4 Å². The smallest absolute Gasteiger partial charge is 0.243 e. The van der Waals surface area contributed by atoms with Crippen LogP contribution in [0.2, 0.25) is 0 Å². The summed E-state index contributed by atoms with van der Waals surface area (Å²) in [5, 5.41) is 5.80. The van der Waals surface area contributed by atoms with E-state index in [0.717, 1.165) is 22.4 Å². The second kappa shape index (κ2) is 12.1. The summed E-state index contributed by atoms with van der Waals surface area (Å²) >= 11 is 0. The maximum absolute atomic E-state index is 13.0. The summed E-state index contributed by atoms with van der Waals surface area (Å²) in [5.41, 5.74) is 8.59. The van der Waals surface area contributed by atoms with E-state index in [9.17, 15) is 9.59 Å². The van der Waals surface area contributed by atoms with Crippen molar-refractivity contribution in [2.45, 2.75) is 57.8 Å². The SMILES string of the molecule is CC(C)(C)NC(=O)C(Cc1ccc(OCc2ccccc2)cc1)NC(=O)C(N)Cc1ccncc1. The summed E-state index contributed by atoms with van der Waals surface area (Å²) < 4.78 is 5.85. The first-order valence-corrected chi connectivity index (χ1v) is 11.7. The number of ether oxygens (including phenoxy) is 1. The van der Waals surface area contributed by atoms with Gasteiger partial charge in [-0.3, -0.25) is 14.6 Å². The number of nitrogens with one attached hydrogen (secondary N) is 2. The van der Waals surface area contributed by atoms with Crippen molar-refractivity contribution in [2.24, 2.45) is 5.73 Å². The third kappa shape index (κ3) is 8.87. The van der Waals surface area contributed by atoms with Gasteiger partial charge in [0, 0.05) is 24.4 Å². The molecule has 0 saturated heterocycles. The lowest BCUT2D eigenvalue weighted by Gasteiger charge is -2.26. The van der Waals surface area contributed by atoms with E-state index in [1.54, 1.807) is 12.4 Å². The molecule has 2 aromatic carbocycles. The number of amides is 2. The fourth-order valence-electron chi connectivity index (χ4n) is 3.51. The quantitative estimate of drug-likeness (QED) is 0.419. The standard InChI is InChI=1S/C28H34N4O3/c1-28(2,3)32-27(34)25(31-26(33)24(29)17-21-13-15-30-16-14-21)18-20-9-11-23(12-10-20)35-19-22-7-5-4-6-8-22/h4-16,24-25H,17-19,29H2,1-3H3,(H,31,33)(H,32,34). The van der Waals surface area contributed by atoms with Crippen molar-refractivity contribution in [3.05, 3.63) is 95.8 Å². The zero-order valence-electron chi connectivity index (χ0n) is 20.5. The number of carbonyl (C=O) groups excluding carboxylic acids is 2. The molecule has 0 radical (unpaired) electrons. The van der Waals surface area contributed by atoms with Gasteiger partial charge in [-0.2, -0.15) is 0 Å². The van der Waals surface area contributed by atoms with Gasteiger partial charge in [0.2, 0.25) is 11.8 Å². The average molecular weight is 475 g/mol. The topological polar surface area (TPSA) is 106 Å². The van der Waals surface area contributed by atoms with Gasteiger partial charge in [0.25, 0.3) is 0 Å².